The van der Waals surface area contributed by atoms with E-state index in [1.165, 1.54) is 6.33 Å². The van der Waals surface area contributed by atoms with Crippen LogP contribution < -0.4 is 20.7 Å². The molecule has 9 nitrogen and oxygen atoms in total. The molecule has 1 aromatic carbocycles. The number of anilines is 1. The minimum Gasteiger partial charge on any atom is -0.496 e. The van der Waals surface area contributed by atoms with Crippen LogP contribution in [0, 0.1) is 0 Å². The largest absolute Gasteiger partial charge is 0.496 e. The molecule has 0 aliphatic carbocycles. The van der Waals surface area contributed by atoms with Gasteiger partial charge in [0.1, 0.15) is 23.6 Å². The maximum absolute atomic E-state index is 12.0. The second-order valence-electron chi connectivity index (χ2n) is 7.79. The summed E-state index contributed by atoms with van der Waals surface area (Å²) in [7, 11) is 3.19. The van der Waals surface area contributed by atoms with Crippen LogP contribution in [0.4, 0.5) is 5.82 Å². The monoisotopic (exact) mass is 462 g/mol. The first-order chi connectivity index (χ1) is 16.5. The number of methoxy groups -OCH3 is 1. The summed E-state index contributed by atoms with van der Waals surface area (Å²) in [6.07, 6.45) is 3.99. The summed E-state index contributed by atoms with van der Waals surface area (Å²) >= 11 is 0. The zero-order chi connectivity index (χ0) is 24.5. The van der Waals surface area contributed by atoms with Crippen molar-refractivity contribution >= 4 is 17.6 Å². The smallest absolute Gasteiger partial charge is 0.269 e. The van der Waals surface area contributed by atoms with Gasteiger partial charge in [0.2, 0.25) is 0 Å². The molecule has 2 heterocycles. The van der Waals surface area contributed by atoms with Crippen molar-refractivity contribution in [1.82, 2.24) is 25.6 Å². The molecule has 0 aliphatic rings. The Morgan fingerprint density at radius 2 is 1.88 bits per heavy atom. The molecule has 2 aromatic heterocycles. The zero-order valence-electron chi connectivity index (χ0n) is 19.9. The first-order valence-corrected chi connectivity index (χ1v) is 11.2. The third-order valence-corrected chi connectivity index (χ3v) is 5.34. The average Bonchev–Trinajstić information content (AvgIpc) is 2.89. The molecule has 3 N–H and O–H groups in total. The van der Waals surface area contributed by atoms with E-state index in [-0.39, 0.29) is 17.7 Å². The Bertz CT molecular complexity index is 1130. The van der Waals surface area contributed by atoms with Gasteiger partial charge in [0.05, 0.1) is 12.8 Å². The summed E-state index contributed by atoms with van der Waals surface area (Å²) in [5.41, 5.74) is 3.39. The van der Waals surface area contributed by atoms with Crippen molar-refractivity contribution in [2.24, 2.45) is 0 Å². The molecular weight excluding hydrogens is 432 g/mol. The van der Waals surface area contributed by atoms with Gasteiger partial charge in [0.15, 0.2) is 0 Å². The molecule has 0 bridgehead atoms. The van der Waals surface area contributed by atoms with Crippen molar-refractivity contribution < 1.29 is 14.3 Å². The lowest BCUT2D eigenvalue weighted by molar-refractivity contribution is 0.0945. The fraction of sp³-hybridized carbons (Fsp3) is 0.320. The Kier molecular flexibility index (Phi) is 8.50. The first-order valence-electron chi connectivity index (χ1n) is 11.2. The van der Waals surface area contributed by atoms with E-state index in [0.29, 0.717) is 41.6 Å². The maximum Gasteiger partial charge on any atom is 0.269 e. The predicted octanol–water partition coefficient (Wildman–Crippen LogP) is 3.26. The van der Waals surface area contributed by atoms with Gasteiger partial charge in [-0.3, -0.25) is 14.6 Å². The molecule has 0 fully saturated rings. The summed E-state index contributed by atoms with van der Waals surface area (Å²) in [6.45, 7) is 5.28. The minimum atomic E-state index is -0.189. The Morgan fingerprint density at radius 1 is 1.06 bits per heavy atom. The Balaban J connectivity index is 1.68. The van der Waals surface area contributed by atoms with Gasteiger partial charge in [-0.15, -0.1) is 0 Å². The van der Waals surface area contributed by atoms with E-state index >= 15 is 0 Å². The number of ether oxygens (including phenoxy) is 1. The van der Waals surface area contributed by atoms with Gasteiger partial charge in [-0.25, -0.2) is 9.97 Å². The second-order valence-corrected chi connectivity index (χ2v) is 7.79. The van der Waals surface area contributed by atoms with Crippen molar-refractivity contribution in [3.63, 3.8) is 0 Å². The number of nitrogens with zero attached hydrogens (tertiary/aromatic N) is 3. The van der Waals surface area contributed by atoms with Crippen molar-refractivity contribution in [1.29, 1.82) is 0 Å². The normalized spacial score (nSPS) is 11.4. The summed E-state index contributed by atoms with van der Waals surface area (Å²) in [5, 5.41) is 8.76. The van der Waals surface area contributed by atoms with Crippen LogP contribution in [0.25, 0.3) is 11.3 Å². The molecule has 0 saturated carbocycles. The highest BCUT2D eigenvalue weighted by Gasteiger charge is 2.15. The maximum atomic E-state index is 12.0. The summed E-state index contributed by atoms with van der Waals surface area (Å²) in [6, 6.07) is 10.8. The van der Waals surface area contributed by atoms with Crippen LogP contribution >= 0.6 is 0 Å². The van der Waals surface area contributed by atoms with Crippen molar-refractivity contribution in [3.05, 3.63) is 65.7 Å². The summed E-state index contributed by atoms with van der Waals surface area (Å²) in [4.78, 5) is 36.8. The van der Waals surface area contributed by atoms with Crippen LogP contribution in [0.1, 0.15) is 52.6 Å². The highest BCUT2D eigenvalue weighted by atomic mass is 16.5. The van der Waals surface area contributed by atoms with Crippen LogP contribution in [-0.2, 0) is 0 Å². The molecule has 1 atom stereocenters. The van der Waals surface area contributed by atoms with Crippen molar-refractivity contribution in [3.8, 4) is 17.0 Å². The van der Waals surface area contributed by atoms with Crippen molar-refractivity contribution in [2.75, 3.05) is 32.6 Å². The second kappa shape index (κ2) is 11.7. The summed E-state index contributed by atoms with van der Waals surface area (Å²) in [5.74, 6) is 1.07. The highest BCUT2D eigenvalue weighted by molar-refractivity contribution is 5.94. The summed E-state index contributed by atoms with van der Waals surface area (Å²) < 4.78 is 5.51. The lowest BCUT2D eigenvalue weighted by atomic mass is 9.98. The van der Waals surface area contributed by atoms with Gasteiger partial charge in [0.25, 0.3) is 11.8 Å². The molecule has 3 rings (SSSR count). The minimum absolute atomic E-state index is 0.0923. The van der Waals surface area contributed by atoms with Gasteiger partial charge in [-0.2, -0.15) is 0 Å². The predicted molar refractivity (Wildman–Crippen MR) is 131 cm³/mol. The zero-order valence-corrected chi connectivity index (χ0v) is 19.9. The fourth-order valence-corrected chi connectivity index (χ4v) is 3.39. The fourth-order valence-electron chi connectivity index (χ4n) is 3.39. The standard InChI is InChI=1S/C25H30N6O3/c1-5-10-27-25(33)20-9-7-18(14-28-20)21-12-23(31-15-30-21)29-13-16(2)19-8-6-17(24(32)26-3)11-22(19)34-4/h6-9,11-12,14-16H,5,10,13H2,1-4H3,(H,26,32)(H,27,33)(H,29,30,31)/t16-/m1/s1. The first kappa shape index (κ1) is 24.6. The quantitative estimate of drug-likeness (QED) is 0.423. The molecule has 3 aromatic rings. The number of nitrogens with one attached hydrogen (secondary N) is 3. The number of benzene rings is 1. The molecule has 0 spiro atoms. The molecule has 0 radical (unpaired) electrons. The number of carbonyl (C=O) groups is 2. The third-order valence-electron chi connectivity index (χ3n) is 5.34. The number of rotatable bonds is 10. The number of hydrogen-bond acceptors (Lipinski definition) is 7. The number of hydrogen-bond donors (Lipinski definition) is 3. The number of pyridine rings is 1. The van der Waals surface area contributed by atoms with Crippen LogP contribution in [0.2, 0.25) is 0 Å². The molecule has 0 unspecified atom stereocenters. The Labute approximate surface area is 199 Å². The molecule has 0 aliphatic heterocycles. The molecular formula is C25H30N6O3. The van der Waals surface area contributed by atoms with Crippen LogP contribution in [-0.4, -0.2) is 54.0 Å². The van der Waals surface area contributed by atoms with Gasteiger partial charge in [0, 0.05) is 49.4 Å². The molecule has 9 heteroatoms. The van der Waals surface area contributed by atoms with Gasteiger partial charge >= 0.3 is 0 Å². The van der Waals surface area contributed by atoms with E-state index in [1.54, 1.807) is 38.6 Å². The van der Waals surface area contributed by atoms with Crippen LogP contribution in [0.15, 0.2) is 48.9 Å². The number of amides is 2. The highest BCUT2D eigenvalue weighted by Crippen LogP contribution is 2.28. The Hall–Kier alpha value is -4.01. The molecule has 178 valence electrons. The van der Waals surface area contributed by atoms with E-state index in [1.807, 2.05) is 25.1 Å². The lowest BCUT2D eigenvalue weighted by Crippen LogP contribution is -2.24. The van der Waals surface area contributed by atoms with Crippen LogP contribution in [0.5, 0.6) is 5.75 Å². The average molecular weight is 463 g/mol. The SMILES string of the molecule is CCCNC(=O)c1ccc(-c2cc(NC[C@@H](C)c3ccc(C(=O)NC)cc3OC)ncn2)cn1. The topological polar surface area (TPSA) is 118 Å². The van der Waals surface area contributed by atoms with E-state index in [2.05, 4.69) is 37.8 Å². The van der Waals surface area contributed by atoms with E-state index in [4.69, 9.17) is 4.74 Å². The van der Waals surface area contributed by atoms with E-state index < -0.39 is 0 Å². The third kappa shape index (κ3) is 6.06. The number of carbonyl (C=O) groups excluding carboxylic acids is 2. The molecule has 2 amide bonds. The molecule has 0 saturated heterocycles. The van der Waals surface area contributed by atoms with Crippen molar-refractivity contribution in [2.45, 2.75) is 26.2 Å². The van der Waals surface area contributed by atoms with E-state index in [9.17, 15) is 9.59 Å². The molecule has 34 heavy (non-hydrogen) atoms. The van der Waals surface area contributed by atoms with Gasteiger partial charge in [-0.05, 0) is 36.2 Å². The lowest BCUT2D eigenvalue weighted by Gasteiger charge is -2.17. The van der Waals surface area contributed by atoms with Crippen LogP contribution in [0.3, 0.4) is 0 Å². The van der Waals surface area contributed by atoms with E-state index in [0.717, 1.165) is 17.5 Å². The Morgan fingerprint density at radius 3 is 2.56 bits per heavy atom. The van der Waals surface area contributed by atoms with Gasteiger partial charge in [-0.1, -0.05) is 19.9 Å². The van der Waals surface area contributed by atoms with Gasteiger partial charge < -0.3 is 20.7 Å². The number of aromatic nitrogens is 3.